The first-order valence-corrected chi connectivity index (χ1v) is 9.21. The van der Waals surface area contributed by atoms with Crippen LogP contribution in [-0.2, 0) is 6.42 Å². The minimum Gasteiger partial charge on any atom is -0.339 e. The average Bonchev–Trinajstić information content (AvgIpc) is 3.28. The van der Waals surface area contributed by atoms with E-state index in [0.29, 0.717) is 29.3 Å². The summed E-state index contributed by atoms with van der Waals surface area (Å²) in [6, 6.07) is 10.7. The molecule has 0 saturated carbocycles. The van der Waals surface area contributed by atoms with E-state index in [1.54, 1.807) is 30.8 Å². The van der Waals surface area contributed by atoms with Crippen LogP contribution in [-0.4, -0.2) is 30.5 Å². The monoisotopic (exact) mass is 369 g/mol. The first-order chi connectivity index (χ1) is 12.7. The van der Waals surface area contributed by atoms with Crippen molar-refractivity contribution < 1.29 is 8.91 Å². The van der Waals surface area contributed by atoms with Crippen molar-refractivity contribution >= 4 is 17.4 Å². The number of fused-ring (bicyclic) bond motifs is 1. The molecule has 0 unspecified atom stereocenters. The molecule has 6 nitrogen and oxygen atoms in total. The van der Waals surface area contributed by atoms with E-state index in [-0.39, 0.29) is 5.82 Å². The van der Waals surface area contributed by atoms with Crippen LogP contribution in [0.1, 0.15) is 17.9 Å². The molecule has 3 aromatic heterocycles. The van der Waals surface area contributed by atoms with E-state index in [1.807, 2.05) is 28.8 Å². The lowest BCUT2D eigenvalue weighted by atomic mass is 10.1. The van der Waals surface area contributed by atoms with Gasteiger partial charge in [-0.3, -0.25) is 4.40 Å². The quantitative estimate of drug-likeness (QED) is 0.379. The number of rotatable bonds is 6. The number of halogens is 1. The third-order valence-electron chi connectivity index (χ3n) is 3.95. The SMILES string of the molecule is Cc1ccc(-c2noc(CCCSc3nnc4ccccn34)n2)cc1F. The van der Waals surface area contributed by atoms with Gasteiger partial charge in [-0.2, -0.15) is 4.98 Å². The van der Waals surface area contributed by atoms with Gasteiger partial charge in [-0.1, -0.05) is 35.1 Å². The third kappa shape index (κ3) is 3.45. The number of hydrogen-bond acceptors (Lipinski definition) is 6. The van der Waals surface area contributed by atoms with Gasteiger partial charge in [-0.05, 0) is 37.1 Å². The molecule has 0 aliphatic heterocycles. The number of aromatic nitrogens is 5. The van der Waals surface area contributed by atoms with Gasteiger partial charge < -0.3 is 4.52 Å². The molecular formula is C18H16FN5OS. The highest BCUT2D eigenvalue weighted by atomic mass is 32.2. The molecule has 1 aromatic carbocycles. The zero-order valence-corrected chi connectivity index (χ0v) is 14.9. The number of aryl methyl sites for hydroxylation is 2. The lowest BCUT2D eigenvalue weighted by Crippen LogP contribution is -1.91. The average molecular weight is 369 g/mol. The second kappa shape index (κ2) is 7.25. The Balaban J connectivity index is 1.34. The number of hydrogen-bond donors (Lipinski definition) is 0. The molecule has 0 fully saturated rings. The van der Waals surface area contributed by atoms with Crippen molar-refractivity contribution in [3.8, 4) is 11.4 Å². The molecule has 4 aromatic rings. The topological polar surface area (TPSA) is 69.1 Å². The van der Waals surface area contributed by atoms with E-state index in [0.717, 1.165) is 23.0 Å². The van der Waals surface area contributed by atoms with Gasteiger partial charge in [-0.25, -0.2) is 4.39 Å². The molecule has 0 bridgehead atoms. The maximum absolute atomic E-state index is 13.7. The Morgan fingerprint density at radius 3 is 3.00 bits per heavy atom. The lowest BCUT2D eigenvalue weighted by Gasteiger charge is -1.98. The van der Waals surface area contributed by atoms with Crippen LogP contribution in [0.4, 0.5) is 4.39 Å². The van der Waals surface area contributed by atoms with Crippen LogP contribution in [0.5, 0.6) is 0 Å². The summed E-state index contributed by atoms with van der Waals surface area (Å²) < 4.78 is 20.9. The van der Waals surface area contributed by atoms with Crippen molar-refractivity contribution in [3.63, 3.8) is 0 Å². The molecule has 26 heavy (non-hydrogen) atoms. The van der Waals surface area contributed by atoms with Crippen LogP contribution < -0.4 is 0 Å². The molecule has 0 aliphatic carbocycles. The van der Waals surface area contributed by atoms with Gasteiger partial charge in [0.2, 0.25) is 11.7 Å². The summed E-state index contributed by atoms with van der Waals surface area (Å²) in [5.74, 6) is 1.54. The lowest BCUT2D eigenvalue weighted by molar-refractivity contribution is 0.378. The molecule has 3 heterocycles. The second-order valence-corrected chi connectivity index (χ2v) is 6.90. The van der Waals surface area contributed by atoms with E-state index in [4.69, 9.17) is 4.52 Å². The van der Waals surface area contributed by atoms with Crippen LogP contribution in [0.3, 0.4) is 0 Å². The molecule has 0 saturated heterocycles. The largest absolute Gasteiger partial charge is 0.339 e. The van der Waals surface area contributed by atoms with E-state index < -0.39 is 0 Å². The fourth-order valence-corrected chi connectivity index (χ4v) is 3.37. The van der Waals surface area contributed by atoms with Crippen LogP contribution in [0, 0.1) is 12.7 Å². The van der Waals surface area contributed by atoms with Crippen molar-refractivity contribution in [1.29, 1.82) is 0 Å². The van der Waals surface area contributed by atoms with Crippen molar-refractivity contribution in [1.82, 2.24) is 24.7 Å². The standard InChI is InChI=1S/C18H16FN5OS/c1-12-7-8-13(11-14(12)19)17-20-16(25-23-17)6-4-10-26-18-22-21-15-5-2-3-9-24(15)18/h2-3,5,7-9,11H,4,6,10H2,1H3. The van der Waals surface area contributed by atoms with Crippen LogP contribution in [0.25, 0.3) is 17.0 Å². The van der Waals surface area contributed by atoms with Gasteiger partial charge in [0.1, 0.15) is 5.82 Å². The molecule has 0 amide bonds. The molecule has 8 heteroatoms. The third-order valence-corrected chi connectivity index (χ3v) is 4.98. The summed E-state index contributed by atoms with van der Waals surface area (Å²) in [6.07, 6.45) is 3.46. The number of pyridine rings is 1. The Kier molecular flexibility index (Phi) is 4.66. The van der Waals surface area contributed by atoms with Gasteiger partial charge in [0.25, 0.3) is 0 Å². The Labute approximate surface area is 153 Å². The second-order valence-electron chi connectivity index (χ2n) is 5.84. The maximum Gasteiger partial charge on any atom is 0.226 e. The van der Waals surface area contributed by atoms with Gasteiger partial charge in [0.05, 0.1) is 0 Å². The highest BCUT2D eigenvalue weighted by molar-refractivity contribution is 7.99. The maximum atomic E-state index is 13.7. The Hall–Kier alpha value is -2.74. The summed E-state index contributed by atoms with van der Waals surface area (Å²) in [6.45, 7) is 1.72. The predicted molar refractivity (Wildman–Crippen MR) is 96.5 cm³/mol. The highest BCUT2D eigenvalue weighted by Gasteiger charge is 2.11. The smallest absolute Gasteiger partial charge is 0.226 e. The van der Waals surface area contributed by atoms with Crippen molar-refractivity contribution in [2.75, 3.05) is 5.75 Å². The molecule has 0 atom stereocenters. The van der Waals surface area contributed by atoms with Gasteiger partial charge in [-0.15, -0.1) is 10.2 Å². The van der Waals surface area contributed by atoms with Crippen molar-refractivity contribution in [3.05, 3.63) is 59.9 Å². The predicted octanol–water partition coefficient (Wildman–Crippen LogP) is 3.95. The van der Waals surface area contributed by atoms with E-state index in [1.165, 1.54) is 6.07 Å². The van der Waals surface area contributed by atoms with Crippen molar-refractivity contribution in [2.45, 2.75) is 24.9 Å². The van der Waals surface area contributed by atoms with Gasteiger partial charge in [0.15, 0.2) is 10.8 Å². The summed E-state index contributed by atoms with van der Waals surface area (Å²) in [4.78, 5) is 4.35. The summed E-state index contributed by atoms with van der Waals surface area (Å²) >= 11 is 1.63. The Bertz CT molecular complexity index is 1040. The highest BCUT2D eigenvalue weighted by Crippen LogP contribution is 2.21. The Morgan fingerprint density at radius 2 is 2.12 bits per heavy atom. The zero-order valence-electron chi connectivity index (χ0n) is 14.1. The number of nitrogens with zero attached hydrogens (tertiary/aromatic N) is 5. The summed E-state index contributed by atoms with van der Waals surface area (Å²) in [5, 5.41) is 13.1. The molecule has 4 rings (SSSR count). The van der Waals surface area contributed by atoms with Gasteiger partial charge >= 0.3 is 0 Å². The first kappa shape index (κ1) is 16.7. The molecule has 0 N–H and O–H groups in total. The van der Waals surface area contributed by atoms with E-state index >= 15 is 0 Å². The Morgan fingerprint density at radius 1 is 1.19 bits per heavy atom. The summed E-state index contributed by atoms with van der Waals surface area (Å²) in [5.41, 5.74) is 2.05. The first-order valence-electron chi connectivity index (χ1n) is 8.22. The zero-order chi connectivity index (χ0) is 17.9. The molecule has 0 aliphatic rings. The normalized spacial score (nSPS) is 11.3. The van der Waals surface area contributed by atoms with Crippen LogP contribution in [0.2, 0.25) is 0 Å². The van der Waals surface area contributed by atoms with Crippen LogP contribution in [0.15, 0.2) is 52.3 Å². The fraction of sp³-hybridized carbons (Fsp3) is 0.222. The molecule has 0 radical (unpaired) electrons. The van der Waals surface area contributed by atoms with Crippen LogP contribution >= 0.6 is 11.8 Å². The minimum absolute atomic E-state index is 0.272. The minimum atomic E-state index is -0.272. The molecule has 132 valence electrons. The number of benzene rings is 1. The fourth-order valence-electron chi connectivity index (χ4n) is 2.51. The molecule has 0 spiro atoms. The summed E-state index contributed by atoms with van der Waals surface area (Å²) in [7, 11) is 0. The molecular weight excluding hydrogens is 353 g/mol. The van der Waals surface area contributed by atoms with E-state index in [2.05, 4.69) is 20.3 Å². The van der Waals surface area contributed by atoms with Crippen molar-refractivity contribution in [2.24, 2.45) is 0 Å². The van der Waals surface area contributed by atoms with Gasteiger partial charge in [0, 0.05) is 23.9 Å². The van der Waals surface area contributed by atoms with E-state index in [9.17, 15) is 4.39 Å². The number of thioether (sulfide) groups is 1.